The number of rotatable bonds is 4. The SMILES string of the molecule is CC(C)c1cc(S(=O)(=O)Nc2cc(O)c3ccccc3c2)c(O)c(O)c1O. The Morgan fingerprint density at radius 2 is 1.56 bits per heavy atom. The monoisotopic (exact) mass is 389 g/mol. The molecule has 0 aliphatic heterocycles. The summed E-state index contributed by atoms with van der Waals surface area (Å²) < 4.78 is 27.8. The molecule has 0 aliphatic rings. The third kappa shape index (κ3) is 3.31. The molecule has 0 aliphatic carbocycles. The van der Waals surface area contributed by atoms with E-state index in [-0.39, 0.29) is 22.9 Å². The van der Waals surface area contributed by atoms with Gasteiger partial charge in [-0.2, -0.15) is 0 Å². The second-order valence-electron chi connectivity index (χ2n) is 6.49. The van der Waals surface area contributed by atoms with E-state index >= 15 is 0 Å². The molecule has 7 nitrogen and oxygen atoms in total. The lowest BCUT2D eigenvalue weighted by molar-refractivity contribution is 0.357. The largest absolute Gasteiger partial charge is 0.507 e. The van der Waals surface area contributed by atoms with E-state index in [0.29, 0.717) is 10.8 Å². The van der Waals surface area contributed by atoms with Crippen LogP contribution in [0.4, 0.5) is 5.69 Å². The van der Waals surface area contributed by atoms with Gasteiger partial charge in [0.2, 0.25) is 5.75 Å². The van der Waals surface area contributed by atoms with Crippen LogP contribution in [0.1, 0.15) is 25.3 Å². The minimum absolute atomic E-state index is 0.0873. The Morgan fingerprint density at radius 1 is 0.889 bits per heavy atom. The van der Waals surface area contributed by atoms with Gasteiger partial charge in [0.05, 0.1) is 5.69 Å². The Bertz CT molecular complexity index is 1140. The van der Waals surface area contributed by atoms with E-state index in [2.05, 4.69) is 4.72 Å². The average molecular weight is 389 g/mol. The number of benzene rings is 3. The molecule has 0 fully saturated rings. The normalized spacial score (nSPS) is 11.8. The maximum atomic E-state index is 12.8. The molecule has 0 aromatic heterocycles. The van der Waals surface area contributed by atoms with Crippen molar-refractivity contribution in [2.75, 3.05) is 4.72 Å². The molecule has 0 bridgehead atoms. The zero-order valence-electron chi connectivity index (χ0n) is 14.6. The highest BCUT2D eigenvalue weighted by molar-refractivity contribution is 7.92. The van der Waals surface area contributed by atoms with Crippen LogP contribution in [-0.2, 0) is 10.0 Å². The fourth-order valence-corrected chi connectivity index (χ4v) is 4.02. The topological polar surface area (TPSA) is 127 Å². The first-order valence-corrected chi connectivity index (χ1v) is 9.62. The lowest BCUT2D eigenvalue weighted by atomic mass is 10.0. The minimum Gasteiger partial charge on any atom is -0.507 e. The van der Waals surface area contributed by atoms with Gasteiger partial charge in [-0.15, -0.1) is 0 Å². The Morgan fingerprint density at radius 3 is 2.22 bits per heavy atom. The highest BCUT2D eigenvalue weighted by Gasteiger charge is 2.27. The molecule has 3 rings (SSSR count). The predicted octanol–water partition coefficient (Wildman–Crippen LogP) is 3.59. The second-order valence-corrected chi connectivity index (χ2v) is 8.14. The van der Waals surface area contributed by atoms with Crippen molar-refractivity contribution in [3.63, 3.8) is 0 Å². The molecule has 0 radical (unpaired) electrons. The number of fused-ring (bicyclic) bond motifs is 1. The molecule has 0 unspecified atom stereocenters. The summed E-state index contributed by atoms with van der Waals surface area (Å²) >= 11 is 0. The number of aromatic hydroxyl groups is 4. The van der Waals surface area contributed by atoms with Crippen molar-refractivity contribution in [2.45, 2.75) is 24.7 Å². The minimum atomic E-state index is -4.31. The number of nitrogens with one attached hydrogen (secondary N) is 1. The number of anilines is 1. The summed E-state index contributed by atoms with van der Waals surface area (Å²) in [5.74, 6) is -2.82. The quantitative estimate of drug-likeness (QED) is 0.434. The molecule has 3 aromatic carbocycles. The molecule has 0 atom stereocenters. The smallest absolute Gasteiger partial charge is 0.265 e. The van der Waals surface area contributed by atoms with Gasteiger partial charge in [-0.1, -0.05) is 38.1 Å². The highest BCUT2D eigenvalue weighted by Crippen LogP contribution is 2.45. The van der Waals surface area contributed by atoms with Crippen LogP contribution < -0.4 is 4.72 Å². The van der Waals surface area contributed by atoms with Gasteiger partial charge in [-0.25, -0.2) is 8.42 Å². The zero-order chi connectivity index (χ0) is 19.9. The molecule has 0 amide bonds. The maximum absolute atomic E-state index is 12.8. The molecular weight excluding hydrogens is 370 g/mol. The van der Waals surface area contributed by atoms with Crippen molar-refractivity contribution in [3.05, 3.63) is 48.0 Å². The Hall–Kier alpha value is -3.13. The first kappa shape index (κ1) is 18.7. The van der Waals surface area contributed by atoms with Crippen molar-refractivity contribution >= 4 is 26.5 Å². The Balaban J connectivity index is 2.11. The summed E-state index contributed by atoms with van der Waals surface area (Å²) in [5, 5.41) is 41.2. The lowest BCUT2D eigenvalue weighted by Crippen LogP contribution is -2.14. The van der Waals surface area contributed by atoms with E-state index in [9.17, 15) is 28.8 Å². The molecular formula is C19H19NO6S. The summed E-state index contributed by atoms with van der Waals surface area (Å²) in [5.41, 5.74) is 0.260. The highest BCUT2D eigenvalue weighted by atomic mass is 32.2. The molecule has 27 heavy (non-hydrogen) atoms. The van der Waals surface area contributed by atoms with Crippen LogP contribution in [-0.4, -0.2) is 28.8 Å². The van der Waals surface area contributed by atoms with E-state index in [4.69, 9.17) is 0 Å². The summed E-state index contributed by atoms with van der Waals surface area (Å²) in [4.78, 5) is -0.575. The van der Waals surface area contributed by atoms with Crippen LogP contribution >= 0.6 is 0 Å². The van der Waals surface area contributed by atoms with Gasteiger partial charge in [0.15, 0.2) is 11.5 Å². The van der Waals surface area contributed by atoms with E-state index in [1.54, 1.807) is 38.1 Å². The van der Waals surface area contributed by atoms with Gasteiger partial charge in [0.25, 0.3) is 10.0 Å². The van der Waals surface area contributed by atoms with Crippen LogP contribution in [0.25, 0.3) is 10.8 Å². The summed E-state index contributed by atoms with van der Waals surface area (Å²) in [6.07, 6.45) is 0. The predicted molar refractivity (Wildman–Crippen MR) is 102 cm³/mol. The molecule has 0 heterocycles. The van der Waals surface area contributed by atoms with Crippen LogP contribution in [0.15, 0.2) is 47.4 Å². The number of phenolic OH excluding ortho intramolecular Hbond substituents is 4. The van der Waals surface area contributed by atoms with Gasteiger partial charge in [0.1, 0.15) is 10.6 Å². The number of hydrogen-bond acceptors (Lipinski definition) is 6. The number of sulfonamides is 1. The van der Waals surface area contributed by atoms with Crippen LogP contribution in [0.3, 0.4) is 0 Å². The number of hydrogen-bond donors (Lipinski definition) is 5. The van der Waals surface area contributed by atoms with Crippen molar-refractivity contribution in [3.8, 4) is 23.0 Å². The van der Waals surface area contributed by atoms with Crippen molar-refractivity contribution in [1.82, 2.24) is 0 Å². The first-order valence-electron chi connectivity index (χ1n) is 8.14. The summed E-state index contributed by atoms with van der Waals surface area (Å²) in [6.45, 7) is 3.41. The molecule has 3 aromatic rings. The van der Waals surface area contributed by atoms with Gasteiger partial charge in [-0.3, -0.25) is 4.72 Å². The molecule has 8 heteroatoms. The van der Waals surface area contributed by atoms with Gasteiger partial charge >= 0.3 is 0 Å². The molecule has 142 valence electrons. The van der Waals surface area contributed by atoms with E-state index < -0.39 is 32.2 Å². The van der Waals surface area contributed by atoms with Crippen LogP contribution in [0, 0.1) is 0 Å². The van der Waals surface area contributed by atoms with E-state index in [1.807, 2.05) is 0 Å². The summed E-state index contributed by atoms with van der Waals surface area (Å²) in [7, 11) is -4.31. The fourth-order valence-electron chi connectivity index (χ4n) is 2.85. The van der Waals surface area contributed by atoms with Gasteiger partial charge in [-0.05, 0) is 23.4 Å². The van der Waals surface area contributed by atoms with Crippen LogP contribution in [0.2, 0.25) is 0 Å². The van der Waals surface area contributed by atoms with E-state index in [0.717, 1.165) is 6.07 Å². The molecule has 0 spiro atoms. The molecule has 0 saturated heterocycles. The zero-order valence-corrected chi connectivity index (χ0v) is 15.4. The molecule has 0 saturated carbocycles. The first-order chi connectivity index (χ1) is 12.6. The maximum Gasteiger partial charge on any atom is 0.265 e. The van der Waals surface area contributed by atoms with Gasteiger partial charge in [0, 0.05) is 17.0 Å². The van der Waals surface area contributed by atoms with Crippen molar-refractivity contribution in [1.29, 1.82) is 0 Å². The molecule has 5 N–H and O–H groups in total. The summed E-state index contributed by atoms with van der Waals surface area (Å²) in [6, 6.07) is 10.8. The Kier molecular flexibility index (Phi) is 4.52. The van der Waals surface area contributed by atoms with Gasteiger partial charge < -0.3 is 20.4 Å². The average Bonchev–Trinajstić information content (AvgIpc) is 2.59. The second kappa shape index (κ2) is 6.55. The lowest BCUT2D eigenvalue weighted by Gasteiger charge is -2.16. The van der Waals surface area contributed by atoms with Crippen molar-refractivity contribution < 1.29 is 28.8 Å². The Labute approximate surface area is 156 Å². The van der Waals surface area contributed by atoms with Crippen LogP contribution in [0.5, 0.6) is 23.0 Å². The third-order valence-electron chi connectivity index (χ3n) is 4.25. The number of phenols is 4. The standard InChI is InChI=1S/C19H19NO6S/c1-10(2)14-9-16(18(23)19(24)17(14)22)27(25,26)20-12-7-11-5-3-4-6-13(11)15(21)8-12/h3-10,20-24H,1-2H3. The fraction of sp³-hybridized carbons (Fsp3) is 0.158. The third-order valence-corrected chi connectivity index (χ3v) is 5.64. The van der Waals surface area contributed by atoms with E-state index in [1.165, 1.54) is 12.1 Å². The van der Waals surface area contributed by atoms with Crippen molar-refractivity contribution in [2.24, 2.45) is 0 Å².